The summed E-state index contributed by atoms with van der Waals surface area (Å²) in [4.78, 5) is 21.9. The van der Waals surface area contributed by atoms with Crippen molar-refractivity contribution >= 4 is 51.8 Å². The second kappa shape index (κ2) is 7.58. The van der Waals surface area contributed by atoms with Gasteiger partial charge in [0.2, 0.25) is 5.91 Å². The van der Waals surface area contributed by atoms with Crippen LogP contribution in [0.25, 0.3) is 0 Å². The largest absolute Gasteiger partial charge is 0.481 e. The monoisotopic (exact) mass is 381 g/mol. The van der Waals surface area contributed by atoms with Gasteiger partial charge in [-0.3, -0.25) is 9.59 Å². The zero-order valence-electron chi connectivity index (χ0n) is 9.58. The lowest BCUT2D eigenvalue weighted by Crippen LogP contribution is -2.11. The van der Waals surface area contributed by atoms with Gasteiger partial charge in [0, 0.05) is 16.4 Å². The van der Waals surface area contributed by atoms with Crippen molar-refractivity contribution in [3.63, 3.8) is 0 Å². The van der Waals surface area contributed by atoms with E-state index in [9.17, 15) is 9.59 Å². The van der Waals surface area contributed by atoms with E-state index in [1.165, 1.54) is 0 Å². The van der Waals surface area contributed by atoms with Crippen molar-refractivity contribution in [1.82, 2.24) is 0 Å². The molecule has 1 amide bonds. The number of carbonyl (C=O) groups excluding carboxylic acids is 1. The lowest BCUT2D eigenvalue weighted by Gasteiger charge is -2.07. The Balaban J connectivity index is 2.38. The Kier molecular flexibility index (Phi) is 6.42. The molecule has 0 heterocycles. The molecule has 18 heavy (non-hydrogen) atoms. The molecular formula is C12H13ClINO3. The van der Waals surface area contributed by atoms with Crippen LogP contribution in [0.15, 0.2) is 18.2 Å². The van der Waals surface area contributed by atoms with E-state index in [0.717, 1.165) is 3.57 Å². The highest BCUT2D eigenvalue weighted by molar-refractivity contribution is 14.1. The Hall–Kier alpha value is -0.820. The molecule has 0 saturated heterocycles. The highest BCUT2D eigenvalue weighted by atomic mass is 127. The van der Waals surface area contributed by atoms with Crippen molar-refractivity contribution < 1.29 is 14.7 Å². The predicted molar refractivity (Wildman–Crippen MR) is 78.9 cm³/mol. The predicted octanol–water partition coefficient (Wildman–Crippen LogP) is 3.53. The minimum absolute atomic E-state index is 0.0948. The molecule has 1 aromatic carbocycles. The zero-order chi connectivity index (χ0) is 13.5. The van der Waals surface area contributed by atoms with E-state index in [-0.39, 0.29) is 12.3 Å². The summed E-state index contributed by atoms with van der Waals surface area (Å²) in [5.74, 6) is -0.986. The average molecular weight is 382 g/mol. The van der Waals surface area contributed by atoms with E-state index in [1.54, 1.807) is 12.1 Å². The maximum Gasteiger partial charge on any atom is 0.303 e. The van der Waals surface area contributed by atoms with Crippen molar-refractivity contribution in [1.29, 1.82) is 0 Å². The van der Waals surface area contributed by atoms with Crippen LogP contribution in [-0.4, -0.2) is 17.0 Å². The Bertz CT molecular complexity index is 451. The number of hydrogen-bond donors (Lipinski definition) is 2. The molecule has 4 nitrogen and oxygen atoms in total. The van der Waals surface area contributed by atoms with Crippen LogP contribution < -0.4 is 5.32 Å². The first-order valence-corrected chi connectivity index (χ1v) is 6.91. The fourth-order valence-corrected chi connectivity index (χ4v) is 2.27. The number of nitrogens with one attached hydrogen (secondary N) is 1. The lowest BCUT2D eigenvalue weighted by atomic mass is 10.2. The molecule has 6 heteroatoms. The molecule has 1 rings (SSSR count). The first-order valence-electron chi connectivity index (χ1n) is 5.45. The molecule has 0 spiro atoms. The summed E-state index contributed by atoms with van der Waals surface area (Å²) in [6.45, 7) is 0. The standard InChI is InChI=1S/C12H13ClINO3/c13-9-7-8(14)5-6-10(9)15-11(16)3-1-2-4-12(17)18/h5-7H,1-4H2,(H,15,16)(H,17,18). The van der Waals surface area contributed by atoms with Gasteiger partial charge < -0.3 is 10.4 Å². The van der Waals surface area contributed by atoms with Crippen LogP contribution >= 0.6 is 34.2 Å². The third kappa shape index (κ3) is 5.68. The molecule has 0 aliphatic heterocycles. The van der Waals surface area contributed by atoms with Gasteiger partial charge in [-0.1, -0.05) is 11.6 Å². The van der Waals surface area contributed by atoms with Crippen LogP contribution in [0.4, 0.5) is 5.69 Å². The molecule has 0 fully saturated rings. The maximum atomic E-state index is 11.6. The van der Waals surface area contributed by atoms with Gasteiger partial charge in [0.25, 0.3) is 0 Å². The summed E-state index contributed by atoms with van der Waals surface area (Å²) in [7, 11) is 0. The van der Waals surface area contributed by atoms with Gasteiger partial charge in [-0.05, 0) is 53.6 Å². The highest BCUT2D eigenvalue weighted by Crippen LogP contribution is 2.24. The molecule has 0 unspecified atom stereocenters. The highest BCUT2D eigenvalue weighted by Gasteiger charge is 2.06. The fraction of sp³-hybridized carbons (Fsp3) is 0.333. The number of halogens is 2. The minimum Gasteiger partial charge on any atom is -0.481 e. The summed E-state index contributed by atoms with van der Waals surface area (Å²) in [6, 6.07) is 5.37. The summed E-state index contributed by atoms with van der Waals surface area (Å²) < 4.78 is 0.997. The van der Waals surface area contributed by atoms with Crippen molar-refractivity contribution in [2.75, 3.05) is 5.32 Å². The zero-order valence-corrected chi connectivity index (χ0v) is 12.5. The van der Waals surface area contributed by atoms with Crippen LogP contribution in [0, 0.1) is 3.57 Å². The Morgan fingerprint density at radius 2 is 1.94 bits per heavy atom. The number of carboxylic acids is 1. The molecule has 0 saturated carbocycles. The van der Waals surface area contributed by atoms with Crippen molar-refractivity contribution in [3.8, 4) is 0 Å². The SMILES string of the molecule is O=C(O)CCCCC(=O)Nc1ccc(I)cc1Cl. The van der Waals surface area contributed by atoms with Crippen LogP contribution in [0.5, 0.6) is 0 Å². The number of anilines is 1. The summed E-state index contributed by atoms with van der Waals surface area (Å²) in [5, 5.41) is 11.7. The molecule has 0 aliphatic carbocycles. The number of aliphatic carboxylic acids is 1. The molecular weight excluding hydrogens is 368 g/mol. The molecule has 0 aliphatic rings. The maximum absolute atomic E-state index is 11.6. The number of carboxylic acid groups (broad SMARTS) is 1. The van der Waals surface area contributed by atoms with Gasteiger partial charge in [-0.25, -0.2) is 0 Å². The topological polar surface area (TPSA) is 66.4 Å². The van der Waals surface area contributed by atoms with E-state index < -0.39 is 5.97 Å². The van der Waals surface area contributed by atoms with Crippen LogP contribution in [0.1, 0.15) is 25.7 Å². The number of unbranched alkanes of at least 4 members (excludes halogenated alkanes) is 1. The Morgan fingerprint density at radius 3 is 2.56 bits per heavy atom. The Morgan fingerprint density at radius 1 is 1.28 bits per heavy atom. The average Bonchev–Trinajstić information content (AvgIpc) is 2.28. The van der Waals surface area contributed by atoms with Gasteiger partial charge in [-0.15, -0.1) is 0 Å². The van der Waals surface area contributed by atoms with E-state index in [4.69, 9.17) is 16.7 Å². The Labute approximate surface area is 124 Å². The summed E-state index contributed by atoms with van der Waals surface area (Å²) >= 11 is 8.12. The van der Waals surface area contributed by atoms with Crippen molar-refractivity contribution in [3.05, 3.63) is 26.8 Å². The van der Waals surface area contributed by atoms with Crippen LogP contribution in [-0.2, 0) is 9.59 Å². The second-order valence-corrected chi connectivity index (χ2v) is 5.43. The normalized spacial score (nSPS) is 10.1. The molecule has 98 valence electrons. The van der Waals surface area contributed by atoms with Crippen molar-refractivity contribution in [2.45, 2.75) is 25.7 Å². The van der Waals surface area contributed by atoms with Crippen LogP contribution in [0.3, 0.4) is 0 Å². The smallest absolute Gasteiger partial charge is 0.303 e. The minimum atomic E-state index is -0.837. The number of carbonyl (C=O) groups is 2. The van der Waals surface area contributed by atoms with E-state index in [0.29, 0.717) is 30.0 Å². The van der Waals surface area contributed by atoms with E-state index >= 15 is 0 Å². The van der Waals surface area contributed by atoms with E-state index in [2.05, 4.69) is 27.9 Å². The molecule has 0 radical (unpaired) electrons. The van der Waals surface area contributed by atoms with Gasteiger partial charge in [0.1, 0.15) is 0 Å². The molecule has 2 N–H and O–H groups in total. The van der Waals surface area contributed by atoms with Gasteiger partial charge >= 0.3 is 5.97 Å². The molecule has 0 atom stereocenters. The van der Waals surface area contributed by atoms with Crippen molar-refractivity contribution in [2.24, 2.45) is 0 Å². The molecule has 1 aromatic rings. The molecule has 0 aromatic heterocycles. The lowest BCUT2D eigenvalue weighted by molar-refractivity contribution is -0.137. The van der Waals surface area contributed by atoms with Crippen LogP contribution in [0.2, 0.25) is 5.02 Å². The van der Waals surface area contributed by atoms with Gasteiger partial charge in [0.05, 0.1) is 10.7 Å². The first kappa shape index (κ1) is 15.2. The quantitative estimate of drug-likeness (QED) is 0.585. The van der Waals surface area contributed by atoms with E-state index in [1.807, 2.05) is 6.07 Å². The third-order valence-electron chi connectivity index (χ3n) is 2.25. The second-order valence-electron chi connectivity index (χ2n) is 3.77. The van der Waals surface area contributed by atoms with Gasteiger partial charge in [-0.2, -0.15) is 0 Å². The molecule has 0 bridgehead atoms. The number of rotatable bonds is 6. The number of benzene rings is 1. The summed E-state index contributed by atoms with van der Waals surface area (Å²) in [5.41, 5.74) is 0.584. The van der Waals surface area contributed by atoms with Gasteiger partial charge in [0.15, 0.2) is 0 Å². The number of hydrogen-bond acceptors (Lipinski definition) is 2. The first-order chi connectivity index (χ1) is 8.49. The summed E-state index contributed by atoms with van der Waals surface area (Å²) in [6.07, 6.45) is 1.45. The third-order valence-corrected chi connectivity index (χ3v) is 3.23. The fourth-order valence-electron chi connectivity index (χ4n) is 1.37. The number of amides is 1.